The third-order valence-corrected chi connectivity index (χ3v) is 11.5. The van der Waals surface area contributed by atoms with Crippen LogP contribution in [0, 0.1) is 11.3 Å². The lowest BCUT2D eigenvalue weighted by Gasteiger charge is -2.48. The average molecular weight is 628 g/mol. The second-order valence-electron chi connectivity index (χ2n) is 14.2. The van der Waals surface area contributed by atoms with E-state index in [9.17, 15) is 15.0 Å². The van der Waals surface area contributed by atoms with Gasteiger partial charge in [0.1, 0.15) is 24.7 Å². The fraction of sp³-hybridized carbons (Fsp3) is 0.543. The number of anilines is 1. The second kappa shape index (κ2) is 12.1. The molecule has 2 saturated carbocycles. The summed E-state index contributed by atoms with van der Waals surface area (Å²) in [6.45, 7) is 3.61. The first-order valence-electron chi connectivity index (χ1n) is 16.9. The summed E-state index contributed by atoms with van der Waals surface area (Å²) in [5, 5.41) is 19.5. The smallest absolute Gasteiger partial charge is 0.306 e. The molecule has 2 aliphatic carbocycles. The molecule has 5 aliphatic rings. The highest BCUT2D eigenvalue weighted by atomic mass is 16.4. The molecule has 1 aromatic heterocycles. The normalized spacial score (nSPS) is 29.5. The molecule has 3 aliphatic heterocycles. The van der Waals surface area contributed by atoms with E-state index in [1.807, 2.05) is 18.5 Å². The molecule has 2 atom stereocenters. The molecule has 46 heavy (non-hydrogen) atoms. The standard InChI is InChI=1S/C35H46N8O3/c36-29(28-3-1-2-4-31(28)44)15-30(32(37)38)42-20-26-5-6-27(21-42)43(26)34-39-18-24(19-40-34)22-9-13-41(14-10-22)25-7-11-35(12-8-25)16-23(17-35)33(45)46/h1-4,15,18-19,22-23,26-27H,5-14,16-17,20-21,36-38H2,(H-,44,45,46)/p+1/b29-15-,41-25?. The van der Waals surface area contributed by atoms with Crippen molar-refractivity contribution in [2.45, 2.75) is 82.2 Å². The first-order valence-corrected chi connectivity index (χ1v) is 16.9. The van der Waals surface area contributed by atoms with E-state index >= 15 is 0 Å². The third kappa shape index (κ3) is 5.76. The average Bonchev–Trinajstić information content (AvgIpc) is 3.31. The van der Waals surface area contributed by atoms with E-state index in [1.165, 1.54) is 5.56 Å². The summed E-state index contributed by atoms with van der Waals surface area (Å²) >= 11 is 0. The van der Waals surface area contributed by atoms with Crippen LogP contribution >= 0.6 is 0 Å². The Morgan fingerprint density at radius 1 is 0.957 bits per heavy atom. The van der Waals surface area contributed by atoms with Gasteiger partial charge in [0.2, 0.25) is 5.95 Å². The zero-order valence-electron chi connectivity index (χ0n) is 26.5. The van der Waals surface area contributed by atoms with E-state index in [2.05, 4.69) is 14.4 Å². The summed E-state index contributed by atoms with van der Waals surface area (Å²) in [5.74, 6) is 0.850. The number of phenolic OH excluding ortho intramolecular Hbond substituents is 1. The lowest BCUT2D eigenvalue weighted by atomic mass is 9.55. The van der Waals surface area contributed by atoms with E-state index in [-0.39, 0.29) is 29.6 Å². The lowest BCUT2D eigenvalue weighted by molar-refractivity contribution is -0.541. The SMILES string of the molecule is NC(N)=C(/C=C(\N)c1ccccc1O)N1CC2CCC(C1)N2c1ncc(C2CC[N+](=C3CCC4(CC3)CC(C(=O)O)C4)CC2)cn1. The van der Waals surface area contributed by atoms with Gasteiger partial charge in [0, 0.05) is 74.5 Å². The van der Waals surface area contributed by atoms with Crippen molar-refractivity contribution in [3.05, 3.63) is 65.4 Å². The van der Waals surface area contributed by atoms with Crippen LogP contribution in [0.25, 0.3) is 5.70 Å². The number of fused-ring (bicyclic) bond motifs is 2. The first-order chi connectivity index (χ1) is 22.2. The van der Waals surface area contributed by atoms with Gasteiger partial charge < -0.3 is 37.2 Å². The number of allylic oxidation sites excluding steroid dienone is 1. The highest BCUT2D eigenvalue weighted by molar-refractivity contribution is 5.81. The number of carboxylic acids is 1. The van der Waals surface area contributed by atoms with Gasteiger partial charge in [-0.3, -0.25) is 4.79 Å². The number of aromatic hydroxyl groups is 1. The van der Waals surface area contributed by atoms with Gasteiger partial charge in [-0.15, -0.1) is 0 Å². The van der Waals surface area contributed by atoms with E-state index in [0.717, 1.165) is 96.3 Å². The number of piperazine rings is 1. The number of para-hydroxylation sites is 1. The van der Waals surface area contributed by atoms with Crippen molar-refractivity contribution >= 4 is 23.3 Å². The Balaban J connectivity index is 0.958. The minimum atomic E-state index is -0.615. The minimum absolute atomic E-state index is 0.115. The molecule has 1 aromatic carbocycles. The van der Waals surface area contributed by atoms with Gasteiger partial charge in [0.15, 0.2) is 5.71 Å². The van der Waals surface area contributed by atoms with Crippen LogP contribution in [0.15, 0.2) is 54.3 Å². The van der Waals surface area contributed by atoms with Gasteiger partial charge in [-0.05, 0) is 73.6 Å². The van der Waals surface area contributed by atoms with E-state index in [4.69, 9.17) is 27.2 Å². The quantitative estimate of drug-likeness (QED) is 0.236. The van der Waals surface area contributed by atoms with E-state index < -0.39 is 5.97 Å². The Morgan fingerprint density at radius 3 is 2.17 bits per heavy atom. The molecule has 3 saturated heterocycles. The van der Waals surface area contributed by atoms with Gasteiger partial charge in [0.25, 0.3) is 0 Å². The van der Waals surface area contributed by atoms with Crippen LogP contribution < -0.4 is 22.1 Å². The Bertz CT molecular complexity index is 1540. The third-order valence-electron chi connectivity index (χ3n) is 11.5. The Kier molecular flexibility index (Phi) is 8.02. The molecule has 11 nitrogen and oxygen atoms in total. The Morgan fingerprint density at radius 2 is 1.59 bits per heavy atom. The first kappa shape index (κ1) is 30.4. The predicted molar refractivity (Wildman–Crippen MR) is 177 cm³/mol. The number of nitrogens with two attached hydrogens (primary N) is 3. The van der Waals surface area contributed by atoms with Crippen LogP contribution in [0.3, 0.4) is 0 Å². The van der Waals surface area contributed by atoms with Crippen LogP contribution in [0.5, 0.6) is 5.75 Å². The number of carbonyl (C=O) groups is 1. The van der Waals surface area contributed by atoms with Crippen molar-refractivity contribution in [1.29, 1.82) is 0 Å². The number of nitrogens with zero attached hydrogens (tertiary/aromatic N) is 5. The van der Waals surface area contributed by atoms with Crippen LogP contribution in [-0.2, 0) is 4.79 Å². The van der Waals surface area contributed by atoms with Crippen molar-refractivity contribution in [1.82, 2.24) is 14.9 Å². The number of benzene rings is 1. The fourth-order valence-electron chi connectivity index (χ4n) is 8.88. The van der Waals surface area contributed by atoms with Crippen LogP contribution in [0.4, 0.5) is 5.95 Å². The predicted octanol–water partition coefficient (Wildman–Crippen LogP) is 3.31. The largest absolute Gasteiger partial charge is 0.507 e. The number of aromatic nitrogens is 2. The highest BCUT2D eigenvalue weighted by Gasteiger charge is 2.49. The summed E-state index contributed by atoms with van der Waals surface area (Å²) in [5.41, 5.74) is 23.4. The van der Waals surface area contributed by atoms with E-state index in [0.29, 0.717) is 28.3 Å². The van der Waals surface area contributed by atoms with Crippen LogP contribution in [0.1, 0.15) is 81.3 Å². The molecule has 7 rings (SSSR count). The molecule has 2 aromatic rings. The number of carboxylic acid groups (broad SMARTS) is 1. The van der Waals surface area contributed by atoms with Gasteiger partial charge in [0.05, 0.1) is 11.6 Å². The van der Waals surface area contributed by atoms with Crippen LogP contribution in [-0.4, -0.2) is 79.6 Å². The van der Waals surface area contributed by atoms with Crippen molar-refractivity contribution in [3.63, 3.8) is 0 Å². The Labute approximate surface area is 270 Å². The topological polar surface area (TPSA) is 171 Å². The minimum Gasteiger partial charge on any atom is -0.507 e. The molecule has 0 amide bonds. The number of rotatable bonds is 6. The summed E-state index contributed by atoms with van der Waals surface area (Å²) in [4.78, 5) is 25.6. The summed E-state index contributed by atoms with van der Waals surface area (Å²) in [7, 11) is 0. The summed E-state index contributed by atoms with van der Waals surface area (Å²) in [6.07, 6.45) is 16.4. The van der Waals surface area contributed by atoms with Gasteiger partial charge in [-0.1, -0.05) is 12.1 Å². The van der Waals surface area contributed by atoms with Crippen molar-refractivity contribution in [2.75, 3.05) is 31.1 Å². The molecule has 0 radical (unpaired) electrons. The molecular weight excluding hydrogens is 580 g/mol. The molecule has 2 bridgehead atoms. The number of aliphatic carboxylic acids is 1. The molecule has 5 fully saturated rings. The van der Waals surface area contributed by atoms with E-state index in [1.54, 1.807) is 30.0 Å². The van der Waals surface area contributed by atoms with Crippen molar-refractivity contribution < 1.29 is 19.6 Å². The van der Waals surface area contributed by atoms with Gasteiger partial charge in [-0.2, -0.15) is 0 Å². The maximum atomic E-state index is 11.3. The molecule has 1 spiro atoms. The Hall–Kier alpha value is -4.28. The van der Waals surface area contributed by atoms with Crippen LogP contribution in [0.2, 0.25) is 0 Å². The van der Waals surface area contributed by atoms with Gasteiger partial charge >= 0.3 is 5.97 Å². The monoisotopic (exact) mass is 627 g/mol. The number of hydrogen-bond acceptors (Lipinski definition) is 9. The molecule has 11 heteroatoms. The maximum Gasteiger partial charge on any atom is 0.306 e. The lowest BCUT2D eigenvalue weighted by Crippen LogP contribution is -2.54. The van der Waals surface area contributed by atoms with Gasteiger partial charge in [-0.25, -0.2) is 14.5 Å². The number of piperidine rings is 1. The number of phenols is 1. The molecular formula is C35H47N8O3+. The maximum absolute atomic E-state index is 11.3. The summed E-state index contributed by atoms with van der Waals surface area (Å²) < 4.78 is 2.60. The fourth-order valence-corrected chi connectivity index (χ4v) is 8.88. The second-order valence-corrected chi connectivity index (χ2v) is 14.2. The highest BCUT2D eigenvalue weighted by Crippen LogP contribution is 2.54. The molecule has 4 heterocycles. The number of hydrogen-bond donors (Lipinski definition) is 5. The molecule has 8 N–H and O–H groups in total. The van der Waals surface area contributed by atoms with Crippen molar-refractivity contribution in [2.24, 2.45) is 28.5 Å². The number of likely N-dealkylation sites (tertiary alicyclic amines) is 1. The molecule has 244 valence electrons. The zero-order chi connectivity index (χ0) is 32.0. The zero-order valence-corrected chi connectivity index (χ0v) is 26.5. The molecule has 2 unspecified atom stereocenters. The summed E-state index contributed by atoms with van der Waals surface area (Å²) in [6, 6.07) is 7.46. The van der Waals surface area contributed by atoms with Crippen molar-refractivity contribution in [3.8, 4) is 5.75 Å².